The molecule has 0 bridgehead atoms. The second-order valence-corrected chi connectivity index (χ2v) is 9.53. The van der Waals surface area contributed by atoms with E-state index < -0.39 is 5.97 Å². The number of aliphatic carboxylic acids is 1. The van der Waals surface area contributed by atoms with Crippen molar-refractivity contribution in [2.24, 2.45) is 11.8 Å². The van der Waals surface area contributed by atoms with Gasteiger partial charge >= 0.3 is 5.97 Å². The standard InChI is InChI=1S/C23H40O5S/c1-2-3-6-10-18(25)11-9-13-20-19(12-7-4-5-8-14-23(27)28)21(26)17-22(20)29-16-15-24/h8,14,18-20,22,24-25H,2-7,9-13,15-17H2,1H3,(H,27,28)/b14-8+/t18?,19-,20-,22-/m1/s1. The summed E-state index contributed by atoms with van der Waals surface area (Å²) in [7, 11) is 0. The molecule has 1 unspecified atom stereocenters. The summed E-state index contributed by atoms with van der Waals surface area (Å²) in [4.78, 5) is 23.1. The Hall–Kier alpha value is -0.850. The summed E-state index contributed by atoms with van der Waals surface area (Å²) >= 11 is 1.72. The van der Waals surface area contributed by atoms with Gasteiger partial charge in [-0.2, -0.15) is 11.8 Å². The van der Waals surface area contributed by atoms with Crippen LogP contribution in [0.25, 0.3) is 0 Å². The number of rotatable bonds is 17. The Bertz CT molecular complexity index is 494. The quantitative estimate of drug-likeness (QED) is 0.231. The molecule has 0 aromatic rings. The fraction of sp³-hybridized carbons (Fsp3) is 0.826. The molecule has 1 aliphatic rings. The lowest BCUT2D eigenvalue weighted by atomic mass is 9.86. The van der Waals surface area contributed by atoms with Crippen molar-refractivity contribution in [2.45, 2.75) is 95.3 Å². The second kappa shape index (κ2) is 15.9. The predicted molar refractivity (Wildman–Crippen MR) is 119 cm³/mol. The van der Waals surface area contributed by atoms with Gasteiger partial charge in [0.1, 0.15) is 5.78 Å². The molecule has 0 spiro atoms. The Labute approximate surface area is 180 Å². The van der Waals surface area contributed by atoms with Crippen molar-refractivity contribution >= 4 is 23.5 Å². The highest BCUT2D eigenvalue weighted by molar-refractivity contribution is 8.00. The SMILES string of the molecule is CCCCCC(O)CCC[C@H]1[C@H](SCCO)CC(=O)[C@@H]1CCCC/C=C/C(=O)O. The van der Waals surface area contributed by atoms with Crippen LogP contribution in [0.5, 0.6) is 0 Å². The van der Waals surface area contributed by atoms with Crippen LogP contribution in [0.3, 0.4) is 0 Å². The van der Waals surface area contributed by atoms with Crippen molar-refractivity contribution in [3.05, 3.63) is 12.2 Å². The number of carboxylic acids is 1. The van der Waals surface area contributed by atoms with E-state index in [4.69, 9.17) is 5.11 Å². The number of carbonyl (C=O) groups excluding carboxylic acids is 1. The summed E-state index contributed by atoms with van der Waals surface area (Å²) in [6.45, 7) is 2.30. The highest BCUT2D eigenvalue weighted by Gasteiger charge is 2.41. The summed E-state index contributed by atoms with van der Waals surface area (Å²) < 4.78 is 0. The molecule has 1 rings (SSSR count). The number of carbonyl (C=O) groups is 2. The third kappa shape index (κ3) is 11.2. The maximum Gasteiger partial charge on any atom is 0.327 e. The van der Waals surface area contributed by atoms with Crippen LogP contribution in [0.1, 0.15) is 84.0 Å². The minimum Gasteiger partial charge on any atom is -0.478 e. The Morgan fingerprint density at radius 3 is 2.62 bits per heavy atom. The van der Waals surface area contributed by atoms with Gasteiger partial charge in [0, 0.05) is 29.4 Å². The minimum absolute atomic E-state index is 0.0758. The molecule has 29 heavy (non-hydrogen) atoms. The molecule has 4 atom stereocenters. The average Bonchev–Trinajstić information content (AvgIpc) is 2.97. The first-order valence-corrected chi connectivity index (χ1v) is 12.4. The van der Waals surface area contributed by atoms with Crippen LogP contribution < -0.4 is 0 Å². The Balaban J connectivity index is 2.48. The van der Waals surface area contributed by atoms with E-state index in [9.17, 15) is 19.8 Å². The Morgan fingerprint density at radius 2 is 1.93 bits per heavy atom. The maximum atomic E-state index is 12.6. The number of allylic oxidation sites excluding steroid dienone is 1. The van der Waals surface area contributed by atoms with Crippen LogP contribution >= 0.6 is 11.8 Å². The van der Waals surface area contributed by atoms with E-state index in [-0.39, 0.29) is 23.9 Å². The van der Waals surface area contributed by atoms with Gasteiger partial charge in [0.25, 0.3) is 0 Å². The first kappa shape index (κ1) is 26.2. The van der Waals surface area contributed by atoms with E-state index >= 15 is 0 Å². The van der Waals surface area contributed by atoms with E-state index in [1.807, 2.05) is 0 Å². The molecule has 0 heterocycles. The van der Waals surface area contributed by atoms with Gasteiger partial charge in [-0.1, -0.05) is 45.1 Å². The lowest BCUT2D eigenvalue weighted by Gasteiger charge is -2.24. The third-order valence-electron chi connectivity index (χ3n) is 5.85. The zero-order valence-electron chi connectivity index (χ0n) is 17.9. The van der Waals surface area contributed by atoms with Crippen LogP contribution in [0, 0.1) is 11.8 Å². The average molecular weight is 429 g/mol. The highest BCUT2D eigenvalue weighted by atomic mass is 32.2. The molecular weight excluding hydrogens is 388 g/mol. The van der Waals surface area contributed by atoms with Gasteiger partial charge < -0.3 is 15.3 Å². The van der Waals surface area contributed by atoms with Gasteiger partial charge in [0.15, 0.2) is 0 Å². The molecule has 1 aliphatic carbocycles. The van der Waals surface area contributed by atoms with Crippen molar-refractivity contribution in [2.75, 3.05) is 12.4 Å². The van der Waals surface area contributed by atoms with Crippen molar-refractivity contribution in [1.82, 2.24) is 0 Å². The van der Waals surface area contributed by atoms with Crippen LogP contribution in [0.15, 0.2) is 12.2 Å². The lowest BCUT2D eigenvalue weighted by Crippen LogP contribution is -2.20. The fourth-order valence-electron chi connectivity index (χ4n) is 4.32. The van der Waals surface area contributed by atoms with Gasteiger partial charge in [-0.3, -0.25) is 4.79 Å². The number of hydrogen-bond donors (Lipinski definition) is 3. The minimum atomic E-state index is -0.920. The van der Waals surface area contributed by atoms with E-state index in [0.717, 1.165) is 70.6 Å². The first-order valence-electron chi connectivity index (χ1n) is 11.3. The Kier molecular flexibility index (Phi) is 14.4. The summed E-state index contributed by atoms with van der Waals surface area (Å²) in [5.41, 5.74) is 0. The predicted octanol–water partition coefficient (Wildman–Crippen LogP) is 4.60. The zero-order chi connectivity index (χ0) is 21.5. The highest BCUT2D eigenvalue weighted by Crippen LogP contribution is 2.42. The summed E-state index contributed by atoms with van der Waals surface area (Å²) in [5.74, 6) is 0.496. The Morgan fingerprint density at radius 1 is 1.17 bits per heavy atom. The molecule has 6 heteroatoms. The molecule has 0 saturated heterocycles. The number of aliphatic hydroxyl groups is 2. The van der Waals surface area contributed by atoms with Crippen molar-refractivity contribution < 1.29 is 24.9 Å². The molecule has 3 N–H and O–H groups in total. The van der Waals surface area contributed by atoms with Gasteiger partial charge in [-0.05, 0) is 44.4 Å². The van der Waals surface area contributed by atoms with Crippen LogP contribution in [0.2, 0.25) is 0 Å². The van der Waals surface area contributed by atoms with Crippen molar-refractivity contribution in [3.8, 4) is 0 Å². The smallest absolute Gasteiger partial charge is 0.327 e. The molecule has 5 nitrogen and oxygen atoms in total. The number of unbranched alkanes of at least 4 members (excludes halogenated alkanes) is 4. The van der Waals surface area contributed by atoms with Crippen LogP contribution in [-0.2, 0) is 9.59 Å². The zero-order valence-corrected chi connectivity index (χ0v) is 18.7. The normalized spacial score (nSPS) is 23.1. The van der Waals surface area contributed by atoms with Crippen LogP contribution in [-0.4, -0.2) is 50.8 Å². The first-order chi connectivity index (χ1) is 14.0. The monoisotopic (exact) mass is 428 g/mol. The lowest BCUT2D eigenvalue weighted by molar-refractivity contribution is -0.131. The van der Waals surface area contributed by atoms with Crippen LogP contribution in [0.4, 0.5) is 0 Å². The van der Waals surface area contributed by atoms with E-state index in [1.54, 1.807) is 17.8 Å². The summed E-state index contributed by atoms with van der Waals surface area (Å²) in [6.07, 6.45) is 13.6. The maximum absolute atomic E-state index is 12.6. The molecule has 0 amide bonds. The van der Waals surface area contributed by atoms with Crippen molar-refractivity contribution in [1.29, 1.82) is 0 Å². The topological polar surface area (TPSA) is 94.8 Å². The number of thioether (sulfide) groups is 1. The van der Waals surface area contributed by atoms with Gasteiger partial charge in [-0.25, -0.2) is 4.79 Å². The number of Topliss-reactive ketones (excluding diaryl/α,β-unsaturated/α-hetero) is 1. The number of aliphatic hydroxyl groups excluding tert-OH is 2. The van der Waals surface area contributed by atoms with Gasteiger partial charge in [0.2, 0.25) is 0 Å². The van der Waals surface area contributed by atoms with E-state index in [2.05, 4.69) is 6.92 Å². The molecule has 168 valence electrons. The largest absolute Gasteiger partial charge is 0.478 e. The van der Waals surface area contributed by atoms with Gasteiger partial charge in [-0.15, -0.1) is 0 Å². The molecule has 0 aliphatic heterocycles. The number of ketones is 1. The number of carboxylic acid groups (broad SMARTS) is 1. The fourth-order valence-corrected chi connectivity index (χ4v) is 5.58. The van der Waals surface area contributed by atoms with Crippen molar-refractivity contribution in [3.63, 3.8) is 0 Å². The number of hydrogen-bond acceptors (Lipinski definition) is 5. The summed E-state index contributed by atoms with van der Waals surface area (Å²) in [5, 5.41) is 28.3. The molecule has 0 aromatic heterocycles. The molecule has 1 saturated carbocycles. The molecule has 1 fully saturated rings. The molecular formula is C23H40O5S. The molecule has 0 radical (unpaired) electrons. The molecule has 0 aromatic carbocycles. The summed E-state index contributed by atoms with van der Waals surface area (Å²) in [6, 6.07) is 0. The van der Waals surface area contributed by atoms with E-state index in [0.29, 0.717) is 23.9 Å². The van der Waals surface area contributed by atoms with Gasteiger partial charge in [0.05, 0.1) is 12.7 Å². The second-order valence-electron chi connectivity index (χ2n) is 8.18. The van der Waals surface area contributed by atoms with E-state index in [1.165, 1.54) is 6.08 Å². The third-order valence-corrected chi connectivity index (χ3v) is 7.21.